The van der Waals surface area contributed by atoms with Crippen LogP contribution in [0.4, 0.5) is 0 Å². The lowest BCUT2D eigenvalue weighted by molar-refractivity contribution is -0.167. The second kappa shape index (κ2) is 49.4. The van der Waals surface area contributed by atoms with E-state index in [-0.39, 0.29) is 31.1 Å². The summed E-state index contributed by atoms with van der Waals surface area (Å²) < 4.78 is 16.8. The van der Waals surface area contributed by atoms with Gasteiger partial charge in [0.1, 0.15) is 13.2 Å². The van der Waals surface area contributed by atoms with Crippen molar-refractivity contribution in [1.82, 2.24) is 0 Å². The van der Waals surface area contributed by atoms with Gasteiger partial charge in [0.05, 0.1) is 0 Å². The van der Waals surface area contributed by atoms with E-state index in [9.17, 15) is 14.4 Å². The highest BCUT2D eigenvalue weighted by molar-refractivity contribution is 5.71. The Morgan fingerprint density at radius 2 is 0.574 bits per heavy atom. The number of carbonyl (C=O) groups is 3. The predicted molar refractivity (Wildman–Crippen MR) is 261 cm³/mol. The fourth-order valence-electron chi connectivity index (χ4n) is 8.36. The Bertz CT molecular complexity index is 920. The topological polar surface area (TPSA) is 78.9 Å². The van der Waals surface area contributed by atoms with Gasteiger partial charge in [-0.15, -0.1) is 0 Å². The van der Waals surface area contributed by atoms with E-state index in [0.29, 0.717) is 19.3 Å². The molecular formula is C55H106O6. The molecule has 1 unspecified atom stereocenters. The normalized spacial score (nSPS) is 12.4. The van der Waals surface area contributed by atoms with Crippen molar-refractivity contribution in [2.75, 3.05) is 13.2 Å². The summed E-state index contributed by atoms with van der Waals surface area (Å²) in [6.45, 7) is 9.05. The van der Waals surface area contributed by atoms with Crippen LogP contribution < -0.4 is 0 Å². The Morgan fingerprint density at radius 1 is 0.328 bits per heavy atom. The van der Waals surface area contributed by atoms with Gasteiger partial charge in [0.25, 0.3) is 0 Å². The number of unbranched alkanes of at least 4 members (excludes halogenated alkanes) is 36. The van der Waals surface area contributed by atoms with E-state index in [4.69, 9.17) is 14.2 Å². The van der Waals surface area contributed by atoms with Crippen molar-refractivity contribution >= 4 is 17.9 Å². The molecule has 2 atom stereocenters. The third-order valence-electron chi connectivity index (χ3n) is 12.9. The molecule has 0 heterocycles. The SMILES string of the molecule is CCCCCCCCCCCCCCCCC(=O)O[C@@H](COC(=O)CCCCCCCCC)COC(=O)CCCCCCCCCCCCCCCCCCCCC(C)CC. The quantitative estimate of drug-likeness (QED) is 0.0344. The number of hydrogen-bond donors (Lipinski definition) is 0. The third kappa shape index (κ3) is 47.7. The molecule has 0 saturated carbocycles. The van der Waals surface area contributed by atoms with Crippen molar-refractivity contribution in [2.24, 2.45) is 5.92 Å². The van der Waals surface area contributed by atoms with Gasteiger partial charge in [-0.2, -0.15) is 0 Å². The molecule has 61 heavy (non-hydrogen) atoms. The molecule has 0 aliphatic carbocycles. The lowest BCUT2D eigenvalue weighted by Crippen LogP contribution is -2.30. The highest BCUT2D eigenvalue weighted by atomic mass is 16.6. The molecule has 0 amide bonds. The number of carbonyl (C=O) groups excluding carboxylic acids is 3. The average molecular weight is 863 g/mol. The van der Waals surface area contributed by atoms with E-state index in [0.717, 1.165) is 63.7 Å². The van der Waals surface area contributed by atoms with Crippen molar-refractivity contribution in [2.45, 2.75) is 316 Å². The summed E-state index contributed by atoms with van der Waals surface area (Å²) in [4.78, 5) is 37.8. The Labute approximate surface area is 380 Å². The van der Waals surface area contributed by atoms with Crippen molar-refractivity contribution in [3.05, 3.63) is 0 Å². The average Bonchev–Trinajstić information content (AvgIpc) is 3.26. The maximum absolute atomic E-state index is 12.8. The van der Waals surface area contributed by atoms with Gasteiger partial charge in [0, 0.05) is 19.3 Å². The molecule has 0 spiro atoms. The van der Waals surface area contributed by atoms with Crippen LogP contribution in [0.25, 0.3) is 0 Å². The molecule has 0 fully saturated rings. The van der Waals surface area contributed by atoms with Crippen LogP contribution in [0.3, 0.4) is 0 Å². The Hall–Kier alpha value is -1.59. The van der Waals surface area contributed by atoms with Gasteiger partial charge >= 0.3 is 17.9 Å². The molecular weight excluding hydrogens is 757 g/mol. The molecule has 6 heteroatoms. The van der Waals surface area contributed by atoms with Gasteiger partial charge in [-0.25, -0.2) is 0 Å². The summed E-state index contributed by atoms with van der Waals surface area (Å²) in [7, 11) is 0. The molecule has 0 saturated heterocycles. The Balaban J connectivity index is 4.11. The molecule has 362 valence electrons. The second-order valence-electron chi connectivity index (χ2n) is 19.1. The van der Waals surface area contributed by atoms with Crippen LogP contribution in [0.15, 0.2) is 0 Å². The van der Waals surface area contributed by atoms with Crippen LogP contribution in [0.1, 0.15) is 310 Å². The molecule has 0 N–H and O–H groups in total. The van der Waals surface area contributed by atoms with Crippen LogP contribution in [-0.4, -0.2) is 37.2 Å². The second-order valence-corrected chi connectivity index (χ2v) is 19.1. The van der Waals surface area contributed by atoms with E-state index < -0.39 is 6.10 Å². The smallest absolute Gasteiger partial charge is 0.306 e. The third-order valence-corrected chi connectivity index (χ3v) is 12.9. The summed E-state index contributed by atoms with van der Waals surface area (Å²) in [6.07, 6.45) is 52.5. The Kier molecular flexibility index (Phi) is 48.1. The van der Waals surface area contributed by atoms with Crippen LogP contribution in [0.5, 0.6) is 0 Å². The molecule has 0 aromatic carbocycles. The molecule has 0 bridgehead atoms. The molecule has 0 aromatic rings. The highest BCUT2D eigenvalue weighted by Gasteiger charge is 2.19. The Morgan fingerprint density at radius 3 is 0.852 bits per heavy atom. The van der Waals surface area contributed by atoms with Crippen molar-refractivity contribution in [1.29, 1.82) is 0 Å². The maximum atomic E-state index is 12.8. The fraction of sp³-hybridized carbons (Fsp3) is 0.945. The van der Waals surface area contributed by atoms with E-state index >= 15 is 0 Å². The van der Waals surface area contributed by atoms with Gasteiger partial charge in [-0.3, -0.25) is 14.4 Å². The van der Waals surface area contributed by atoms with Gasteiger partial charge in [0.2, 0.25) is 0 Å². The van der Waals surface area contributed by atoms with E-state index in [1.807, 2.05) is 0 Å². The number of ether oxygens (including phenoxy) is 3. The van der Waals surface area contributed by atoms with E-state index in [1.165, 1.54) is 205 Å². The highest BCUT2D eigenvalue weighted by Crippen LogP contribution is 2.18. The number of hydrogen-bond acceptors (Lipinski definition) is 6. The van der Waals surface area contributed by atoms with Crippen molar-refractivity contribution in [3.8, 4) is 0 Å². The van der Waals surface area contributed by atoms with Crippen LogP contribution >= 0.6 is 0 Å². The summed E-state index contributed by atoms with van der Waals surface area (Å²) in [5.74, 6) is 0.0621. The molecule has 0 rings (SSSR count). The minimum Gasteiger partial charge on any atom is -0.462 e. The summed E-state index contributed by atoms with van der Waals surface area (Å²) in [5, 5.41) is 0. The largest absolute Gasteiger partial charge is 0.462 e. The molecule has 0 aromatic heterocycles. The standard InChI is InChI=1S/C55H106O6/c1-5-8-10-12-14-15-16-17-25-29-32-36-40-44-48-55(58)61-52(49-59-53(56)46-42-38-33-13-11-9-6-2)50-60-54(57)47-43-39-35-31-28-26-23-21-19-18-20-22-24-27-30-34-37-41-45-51(4)7-3/h51-52H,5-50H2,1-4H3/t51?,52-/m0/s1. The van der Waals surface area contributed by atoms with Gasteiger partial charge in [0.15, 0.2) is 6.10 Å². The van der Waals surface area contributed by atoms with Crippen molar-refractivity contribution in [3.63, 3.8) is 0 Å². The zero-order valence-corrected chi connectivity index (χ0v) is 41.6. The maximum Gasteiger partial charge on any atom is 0.306 e. The minimum atomic E-state index is -0.759. The zero-order chi connectivity index (χ0) is 44.5. The fourth-order valence-corrected chi connectivity index (χ4v) is 8.36. The summed E-state index contributed by atoms with van der Waals surface area (Å²) in [5.41, 5.74) is 0. The lowest BCUT2D eigenvalue weighted by atomic mass is 9.99. The molecule has 0 radical (unpaired) electrons. The lowest BCUT2D eigenvalue weighted by Gasteiger charge is -2.18. The number of rotatable bonds is 50. The van der Waals surface area contributed by atoms with Crippen LogP contribution in [0.2, 0.25) is 0 Å². The van der Waals surface area contributed by atoms with Crippen LogP contribution in [-0.2, 0) is 28.6 Å². The minimum absolute atomic E-state index is 0.0627. The first-order valence-electron chi connectivity index (χ1n) is 27.4. The first-order valence-corrected chi connectivity index (χ1v) is 27.4. The number of esters is 3. The molecule has 0 aliphatic heterocycles. The van der Waals surface area contributed by atoms with Crippen molar-refractivity contribution < 1.29 is 28.6 Å². The van der Waals surface area contributed by atoms with Gasteiger partial charge in [-0.1, -0.05) is 272 Å². The van der Waals surface area contributed by atoms with Crippen LogP contribution in [0, 0.1) is 5.92 Å². The molecule has 0 aliphatic rings. The van der Waals surface area contributed by atoms with Gasteiger partial charge < -0.3 is 14.2 Å². The first-order chi connectivity index (χ1) is 29.9. The van der Waals surface area contributed by atoms with E-state index in [2.05, 4.69) is 27.7 Å². The van der Waals surface area contributed by atoms with Gasteiger partial charge in [-0.05, 0) is 25.2 Å². The monoisotopic (exact) mass is 863 g/mol. The van der Waals surface area contributed by atoms with E-state index in [1.54, 1.807) is 0 Å². The first kappa shape index (κ1) is 59.4. The molecule has 6 nitrogen and oxygen atoms in total. The summed E-state index contributed by atoms with van der Waals surface area (Å²) >= 11 is 0. The zero-order valence-electron chi connectivity index (χ0n) is 41.6. The summed E-state index contributed by atoms with van der Waals surface area (Å²) in [6, 6.07) is 0. The predicted octanol–water partition coefficient (Wildman–Crippen LogP) is 17.8.